The van der Waals surface area contributed by atoms with Gasteiger partial charge in [-0.2, -0.15) is 10.5 Å². The van der Waals surface area contributed by atoms with Gasteiger partial charge < -0.3 is 25.6 Å². The summed E-state index contributed by atoms with van der Waals surface area (Å²) < 4.78 is 5.27. The smallest absolute Gasteiger partial charge is 0.248 e. The van der Waals surface area contributed by atoms with Crippen molar-refractivity contribution in [1.29, 1.82) is 10.5 Å². The number of rotatable bonds is 8. The zero-order chi connectivity index (χ0) is 27.5. The number of thioether (sulfide) groups is 1. The molecule has 4 N–H and O–H groups in total. The van der Waals surface area contributed by atoms with Crippen LogP contribution >= 0.6 is 11.8 Å². The normalized spacial score (nSPS) is 12.2. The topological polar surface area (TPSA) is 156 Å². The number of primary amides is 1. The van der Waals surface area contributed by atoms with Crippen LogP contribution in [0.1, 0.15) is 39.9 Å². The summed E-state index contributed by atoms with van der Waals surface area (Å²) in [6.45, 7) is 1.39. The third-order valence-corrected chi connectivity index (χ3v) is 6.89. The van der Waals surface area contributed by atoms with Gasteiger partial charge >= 0.3 is 0 Å². The summed E-state index contributed by atoms with van der Waals surface area (Å²) in [4.78, 5) is 18.5. The van der Waals surface area contributed by atoms with Crippen LogP contribution in [-0.2, 0) is 5.75 Å². The number of carbonyl (C=O) groups is 1. The number of aliphatic hydroxyl groups is 2. The lowest BCUT2D eigenvalue weighted by atomic mass is 9.96. The second-order valence-corrected chi connectivity index (χ2v) is 9.28. The van der Waals surface area contributed by atoms with Crippen LogP contribution in [0.25, 0.3) is 11.1 Å². The number of aromatic nitrogens is 1. The second kappa shape index (κ2) is 14.0. The van der Waals surface area contributed by atoms with Crippen LogP contribution in [-0.4, -0.2) is 54.5 Å². The van der Waals surface area contributed by atoms with Crippen LogP contribution in [0.4, 0.5) is 5.82 Å². The van der Waals surface area contributed by atoms with Gasteiger partial charge in [0, 0.05) is 30.0 Å². The van der Waals surface area contributed by atoms with Gasteiger partial charge in [0.25, 0.3) is 0 Å². The molecule has 0 unspecified atom stereocenters. The molecular weight excluding hydrogens is 502 g/mol. The number of anilines is 1. The summed E-state index contributed by atoms with van der Waals surface area (Å²) >= 11 is 1.41. The average Bonchev–Trinajstić information content (AvgIpc) is 3.50. The molecule has 196 valence electrons. The highest BCUT2D eigenvalue weighted by Gasteiger charge is 2.26. The lowest BCUT2D eigenvalue weighted by Crippen LogP contribution is -2.21. The minimum Gasteiger partial charge on any atom is -0.497 e. The molecule has 1 aromatic heterocycles. The molecule has 4 rings (SSSR count). The monoisotopic (exact) mass is 531 g/mol. The van der Waals surface area contributed by atoms with E-state index in [2.05, 4.69) is 17.0 Å². The molecule has 0 radical (unpaired) electrons. The zero-order valence-corrected chi connectivity index (χ0v) is 21.9. The van der Waals surface area contributed by atoms with Gasteiger partial charge in [-0.1, -0.05) is 24.3 Å². The summed E-state index contributed by atoms with van der Waals surface area (Å²) in [7, 11) is 1.59. The number of benzene rings is 2. The van der Waals surface area contributed by atoms with Gasteiger partial charge in [0.05, 0.1) is 25.9 Å². The summed E-state index contributed by atoms with van der Waals surface area (Å²) in [5.41, 5.74) is 8.85. The molecule has 0 bridgehead atoms. The summed E-state index contributed by atoms with van der Waals surface area (Å²) in [6, 6.07) is 19.1. The van der Waals surface area contributed by atoms with Gasteiger partial charge in [0.2, 0.25) is 5.91 Å². The standard InChI is InChI=1S/C26H23N5O2S.C2H6O2/c1-33-20-9-7-18(8-10-20)23-21(14-27)25(31-11-2-3-12-31)30-26(22(23)15-28)34-16-17-5-4-6-19(13-17)24(29)32;3-1-2-4/h4-10,13H,2-3,11-12,16H2,1H3,(H2,29,32);3-4H,1-2H2. The first-order chi connectivity index (χ1) is 18.5. The molecule has 10 heteroatoms. The van der Waals surface area contributed by atoms with E-state index in [0.29, 0.717) is 44.6 Å². The number of nitriles is 2. The third kappa shape index (κ3) is 6.81. The first-order valence-corrected chi connectivity index (χ1v) is 13.0. The number of hydrogen-bond acceptors (Lipinski definition) is 9. The highest BCUT2D eigenvalue weighted by molar-refractivity contribution is 7.98. The van der Waals surface area contributed by atoms with Gasteiger partial charge in [-0.15, -0.1) is 11.8 Å². The predicted molar refractivity (Wildman–Crippen MR) is 146 cm³/mol. The van der Waals surface area contributed by atoms with E-state index in [1.165, 1.54) is 11.8 Å². The van der Waals surface area contributed by atoms with Gasteiger partial charge in [-0.05, 0) is 48.2 Å². The van der Waals surface area contributed by atoms with Crippen LogP contribution in [0.15, 0.2) is 53.6 Å². The fourth-order valence-electron chi connectivity index (χ4n) is 4.04. The molecule has 9 nitrogen and oxygen atoms in total. The van der Waals surface area contributed by atoms with E-state index >= 15 is 0 Å². The van der Waals surface area contributed by atoms with E-state index in [-0.39, 0.29) is 13.2 Å². The number of nitrogens with zero attached hydrogens (tertiary/aromatic N) is 4. The fraction of sp³-hybridized carbons (Fsp3) is 0.286. The van der Waals surface area contributed by atoms with Gasteiger partial charge in [-0.25, -0.2) is 4.98 Å². The van der Waals surface area contributed by atoms with E-state index < -0.39 is 5.91 Å². The molecule has 1 aliphatic rings. The lowest BCUT2D eigenvalue weighted by molar-refractivity contribution is 0.1000. The minimum atomic E-state index is -0.487. The Morgan fingerprint density at radius 2 is 1.74 bits per heavy atom. The van der Waals surface area contributed by atoms with E-state index in [4.69, 9.17) is 25.7 Å². The Balaban J connectivity index is 0.000000934. The second-order valence-electron chi connectivity index (χ2n) is 8.31. The number of hydrogen-bond donors (Lipinski definition) is 3. The van der Waals surface area contributed by atoms with Crippen molar-refractivity contribution >= 4 is 23.5 Å². The first-order valence-electron chi connectivity index (χ1n) is 12.0. The molecule has 1 saturated heterocycles. The van der Waals surface area contributed by atoms with Crippen molar-refractivity contribution in [3.63, 3.8) is 0 Å². The fourth-order valence-corrected chi connectivity index (χ4v) is 4.96. The average molecular weight is 532 g/mol. The molecule has 0 atom stereocenters. The number of amides is 1. The molecule has 0 aliphatic carbocycles. The highest BCUT2D eigenvalue weighted by Crippen LogP contribution is 2.39. The van der Waals surface area contributed by atoms with Gasteiger partial charge in [0.1, 0.15) is 34.3 Å². The van der Waals surface area contributed by atoms with Crippen LogP contribution in [0.3, 0.4) is 0 Å². The SMILES string of the molecule is COc1ccc(-c2c(C#N)c(SCc3cccc(C(N)=O)c3)nc(N3CCCC3)c2C#N)cc1.OCCO. The Morgan fingerprint density at radius 1 is 1.08 bits per heavy atom. The molecule has 1 fully saturated rings. The molecule has 1 aliphatic heterocycles. The number of aliphatic hydroxyl groups excluding tert-OH is 2. The molecule has 2 heterocycles. The van der Waals surface area contributed by atoms with Crippen LogP contribution in [0.2, 0.25) is 0 Å². The summed E-state index contributed by atoms with van der Waals surface area (Å²) in [5, 5.41) is 36.1. The van der Waals surface area contributed by atoms with Gasteiger partial charge in [0.15, 0.2) is 0 Å². The van der Waals surface area contributed by atoms with Crippen molar-refractivity contribution in [2.24, 2.45) is 5.73 Å². The molecule has 38 heavy (non-hydrogen) atoms. The van der Waals surface area contributed by atoms with Crippen LogP contribution in [0, 0.1) is 22.7 Å². The maximum Gasteiger partial charge on any atom is 0.248 e. The van der Waals surface area contributed by atoms with Crippen molar-refractivity contribution < 1.29 is 19.7 Å². The number of nitrogens with two attached hydrogens (primary N) is 1. The van der Waals surface area contributed by atoms with Crippen molar-refractivity contribution in [2.75, 3.05) is 38.3 Å². The molecule has 2 aromatic carbocycles. The van der Waals surface area contributed by atoms with Crippen molar-refractivity contribution in [1.82, 2.24) is 4.98 Å². The predicted octanol–water partition coefficient (Wildman–Crippen LogP) is 3.46. The Bertz CT molecular complexity index is 1340. The summed E-state index contributed by atoms with van der Waals surface area (Å²) in [6.07, 6.45) is 2.07. The Hall–Kier alpha value is -4.09. The third-order valence-electron chi connectivity index (χ3n) is 5.84. The lowest BCUT2D eigenvalue weighted by Gasteiger charge is -2.22. The maximum absolute atomic E-state index is 11.6. The zero-order valence-electron chi connectivity index (χ0n) is 21.1. The first kappa shape index (κ1) is 28.5. The molecular formula is C28H29N5O4S. The Morgan fingerprint density at radius 3 is 2.29 bits per heavy atom. The largest absolute Gasteiger partial charge is 0.497 e. The van der Waals surface area contributed by atoms with E-state index in [1.54, 1.807) is 25.3 Å². The maximum atomic E-state index is 11.6. The van der Waals surface area contributed by atoms with Crippen molar-refractivity contribution in [2.45, 2.75) is 23.6 Å². The molecule has 0 saturated carbocycles. The number of methoxy groups -OCH3 is 1. The molecule has 0 spiro atoms. The number of carbonyl (C=O) groups excluding carboxylic acids is 1. The molecule has 3 aromatic rings. The Kier molecular flexibility index (Phi) is 10.5. The number of ether oxygens (including phenoxy) is 1. The van der Waals surface area contributed by atoms with E-state index in [0.717, 1.165) is 37.1 Å². The Labute approximate surface area is 226 Å². The van der Waals surface area contributed by atoms with Crippen LogP contribution in [0.5, 0.6) is 5.75 Å². The highest BCUT2D eigenvalue weighted by atomic mass is 32.2. The quantitative estimate of drug-likeness (QED) is 0.370. The number of pyridine rings is 1. The van der Waals surface area contributed by atoms with Crippen molar-refractivity contribution in [3.8, 4) is 29.0 Å². The minimum absolute atomic E-state index is 0.125. The summed E-state index contributed by atoms with van der Waals surface area (Å²) in [5.74, 6) is 1.31. The van der Waals surface area contributed by atoms with Crippen molar-refractivity contribution in [3.05, 3.63) is 70.8 Å². The van der Waals surface area contributed by atoms with E-state index in [9.17, 15) is 15.3 Å². The van der Waals surface area contributed by atoms with Gasteiger partial charge in [-0.3, -0.25) is 4.79 Å². The van der Waals surface area contributed by atoms with Crippen LogP contribution < -0.4 is 15.4 Å². The molecule has 1 amide bonds. The van der Waals surface area contributed by atoms with E-state index in [1.807, 2.05) is 30.3 Å².